The van der Waals surface area contributed by atoms with Crippen LogP contribution in [0.3, 0.4) is 0 Å². The van der Waals surface area contributed by atoms with Gasteiger partial charge in [-0.15, -0.1) is 0 Å². The molecule has 0 aromatic heterocycles. The largest absolute Gasteiger partial charge is 0.496 e. The quantitative estimate of drug-likeness (QED) is 0.673. The van der Waals surface area contributed by atoms with Gasteiger partial charge in [0.05, 0.1) is 12.7 Å². The van der Waals surface area contributed by atoms with E-state index in [2.05, 4.69) is 9.64 Å². The molecule has 0 radical (unpaired) electrons. The van der Waals surface area contributed by atoms with Crippen LogP contribution >= 0.6 is 0 Å². The molecule has 0 spiro atoms. The number of rotatable bonds is 7. The number of Topliss-reactive ketones (excluding diaryl/α,β-unsaturated/α-hetero) is 1. The molecule has 144 valence electrons. The molecule has 0 aliphatic carbocycles. The minimum atomic E-state index is -2.82. The summed E-state index contributed by atoms with van der Waals surface area (Å²) >= 11 is 0. The molecular formula is C21H23F2NO3. The van der Waals surface area contributed by atoms with E-state index in [1.165, 1.54) is 0 Å². The highest BCUT2D eigenvalue weighted by Crippen LogP contribution is 2.27. The standard InChI is InChI=1S/C21H23F2NO3/c1-26-19-7-3-2-6-18(19)20(25)16-5-4-12-24(14-16)13-15-8-10-17(11-9-15)27-21(22)23/h2-3,6-11,16,21H,4-5,12-14H2,1H3/t16-/m0/s1. The van der Waals surface area contributed by atoms with Gasteiger partial charge in [-0.25, -0.2) is 0 Å². The fraction of sp³-hybridized carbons (Fsp3) is 0.381. The van der Waals surface area contributed by atoms with E-state index in [0.29, 0.717) is 24.4 Å². The maximum absolute atomic E-state index is 12.9. The molecule has 0 N–H and O–H groups in total. The highest BCUT2D eigenvalue weighted by molar-refractivity contribution is 6.00. The van der Waals surface area contributed by atoms with Crippen LogP contribution < -0.4 is 9.47 Å². The van der Waals surface area contributed by atoms with Crippen LogP contribution in [0.4, 0.5) is 8.78 Å². The van der Waals surface area contributed by atoms with E-state index in [0.717, 1.165) is 24.9 Å². The third-order valence-electron chi connectivity index (χ3n) is 4.80. The van der Waals surface area contributed by atoms with Gasteiger partial charge in [0, 0.05) is 19.0 Å². The predicted octanol–water partition coefficient (Wildman–Crippen LogP) is 4.39. The van der Waals surface area contributed by atoms with Gasteiger partial charge in [0.1, 0.15) is 11.5 Å². The average Bonchev–Trinajstić information content (AvgIpc) is 2.69. The number of ether oxygens (including phenoxy) is 2. The monoisotopic (exact) mass is 375 g/mol. The summed E-state index contributed by atoms with van der Waals surface area (Å²) in [6.45, 7) is -0.568. The smallest absolute Gasteiger partial charge is 0.387 e. The molecule has 6 heteroatoms. The molecule has 0 saturated carbocycles. The summed E-state index contributed by atoms with van der Waals surface area (Å²) < 4.78 is 34.2. The van der Waals surface area contributed by atoms with Crippen LogP contribution in [0.2, 0.25) is 0 Å². The summed E-state index contributed by atoms with van der Waals surface area (Å²) in [5.41, 5.74) is 1.63. The van der Waals surface area contributed by atoms with Crippen LogP contribution in [-0.4, -0.2) is 37.5 Å². The first-order chi connectivity index (χ1) is 13.1. The normalized spacial score (nSPS) is 17.7. The number of carbonyl (C=O) groups is 1. The first-order valence-corrected chi connectivity index (χ1v) is 9.00. The van der Waals surface area contributed by atoms with E-state index in [1.54, 1.807) is 37.4 Å². The number of carbonyl (C=O) groups excluding carboxylic acids is 1. The number of hydrogen-bond acceptors (Lipinski definition) is 4. The first-order valence-electron chi connectivity index (χ1n) is 9.00. The topological polar surface area (TPSA) is 38.8 Å². The molecule has 3 rings (SSSR count). The molecule has 2 aromatic carbocycles. The van der Waals surface area contributed by atoms with Gasteiger partial charge >= 0.3 is 6.61 Å². The molecule has 1 fully saturated rings. The highest BCUT2D eigenvalue weighted by Gasteiger charge is 2.28. The lowest BCUT2D eigenvalue weighted by Crippen LogP contribution is -2.38. The zero-order valence-corrected chi connectivity index (χ0v) is 15.2. The summed E-state index contributed by atoms with van der Waals surface area (Å²) in [6.07, 6.45) is 1.80. The maximum atomic E-state index is 12.9. The van der Waals surface area contributed by atoms with Gasteiger partial charge < -0.3 is 9.47 Å². The Labute approximate surface area is 157 Å². The third kappa shape index (κ3) is 5.04. The lowest BCUT2D eigenvalue weighted by atomic mass is 9.89. The van der Waals surface area contributed by atoms with Crippen LogP contribution in [0.15, 0.2) is 48.5 Å². The SMILES string of the molecule is COc1ccccc1C(=O)[C@H]1CCCN(Cc2ccc(OC(F)F)cc2)C1. The number of para-hydroxylation sites is 1. The summed E-state index contributed by atoms with van der Waals surface area (Å²) in [6, 6.07) is 14.0. The average molecular weight is 375 g/mol. The van der Waals surface area contributed by atoms with E-state index < -0.39 is 6.61 Å². The molecular weight excluding hydrogens is 352 g/mol. The Morgan fingerprint density at radius 1 is 1.19 bits per heavy atom. The van der Waals surface area contributed by atoms with E-state index >= 15 is 0 Å². The molecule has 0 amide bonds. The van der Waals surface area contributed by atoms with E-state index in [-0.39, 0.29) is 17.5 Å². The molecule has 1 atom stereocenters. The van der Waals surface area contributed by atoms with Crippen molar-refractivity contribution >= 4 is 5.78 Å². The Morgan fingerprint density at radius 2 is 1.93 bits per heavy atom. The fourth-order valence-electron chi connectivity index (χ4n) is 3.52. The van der Waals surface area contributed by atoms with Crippen molar-refractivity contribution in [3.05, 3.63) is 59.7 Å². The number of halogens is 2. The van der Waals surface area contributed by atoms with Gasteiger partial charge in [-0.05, 0) is 49.2 Å². The number of ketones is 1. The van der Waals surface area contributed by atoms with Gasteiger partial charge in [-0.1, -0.05) is 24.3 Å². The fourth-order valence-corrected chi connectivity index (χ4v) is 3.52. The molecule has 2 aromatic rings. The van der Waals surface area contributed by atoms with Crippen molar-refractivity contribution in [2.24, 2.45) is 5.92 Å². The van der Waals surface area contributed by atoms with Crippen molar-refractivity contribution in [3.63, 3.8) is 0 Å². The Bertz CT molecular complexity index is 764. The van der Waals surface area contributed by atoms with Crippen molar-refractivity contribution in [3.8, 4) is 11.5 Å². The van der Waals surface area contributed by atoms with Gasteiger partial charge in [0.25, 0.3) is 0 Å². The lowest BCUT2D eigenvalue weighted by molar-refractivity contribution is -0.0498. The number of hydrogen-bond donors (Lipinski definition) is 0. The summed E-state index contributed by atoms with van der Waals surface area (Å²) in [4.78, 5) is 15.2. The molecule has 1 aliphatic heterocycles. The van der Waals surface area contributed by atoms with Crippen LogP contribution in [0.5, 0.6) is 11.5 Å². The van der Waals surface area contributed by atoms with Gasteiger partial charge in [0.15, 0.2) is 5.78 Å². The second kappa shape index (κ2) is 8.95. The van der Waals surface area contributed by atoms with Crippen LogP contribution in [-0.2, 0) is 6.54 Å². The van der Waals surface area contributed by atoms with Crippen LogP contribution in [0.1, 0.15) is 28.8 Å². The minimum Gasteiger partial charge on any atom is -0.496 e. The van der Waals surface area contributed by atoms with Crippen molar-refractivity contribution in [2.45, 2.75) is 26.0 Å². The van der Waals surface area contributed by atoms with Crippen molar-refractivity contribution in [2.75, 3.05) is 20.2 Å². The number of alkyl halides is 2. The van der Waals surface area contributed by atoms with Crippen LogP contribution in [0.25, 0.3) is 0 Å². The molecule has 27 heavy (non-hydrogen) atoms. The number of benzene rings is 2. The predicted molar refractivity (Wildman–Crippen MR) is 98.4 cm³/mol. The summed E-state index contributed by atoms with van der Waals surface area (Å²) in [5.74, 6) is 0.792. The highest BCUT2D eigenvalue weighted by atomic mass is 19.3. The van der Waals surface area contributed by atoms with Crippen molar-refractivity contribution < 1.29 is 23.0 Å². The Balaban J connectivity index is 1.63. The van der Waals surface area contributed by atoms with Crippen molar-refractivity contribution in [1.29, 1.82) is 0 Å². The first kappa shape index (κ1) is 19.3. The molecule has 0 bridgehead atoms. The Kier molecular flexibility index (Phi) is 6.40. The second-order valence-electron chi connectivity index (χ2n) is 6.66. The van der Waals surface area contributed by atoms with Gasteiger partial charge in [0.2, 0.25) is 0 Å². The molecule has 1 saturated heterocycles. The zero-order valence-electron chi connectivity index (χ0n) is 15.2. The third-order valence-corrected chi connectivity index (χ3v) is 4.80. The molecule has 0 unspecified atom stereocenters. The van der Waals surface area contributed by atoms with Crippen molar-refractivity contribution in [1.82, 2.24) is 4.90 Å². The molecule has 1 heterocycles. The lowest BCUT2D eigenvalue weighted by Gasteiger charge is -2.32. The Hall–Kier alpha value is -2.47. The molecule has 1 aliphatic rings. The number of likely N-dealkylation sites (tertiary alicyclic amines) is 1. The maximum Gasteiger partial charge on any atom is 0.387 e. The van der Waals surface area contributed by atoms with Crippen LogP contribution in [0, 0.1) is 5.92 Å². The van der Waals surface area contributed by atoms with Gasteiger partial charge in [-0.2, -0.15) is 8.78 Å². The molecule has 4 nitrogen and oxygen atoms in total. The second-order valence-corrected chi connectivity index (χ2v) is 6.66. The summed E-state index contributed by atoms with van der Waals surface area (Å²) in [7, 11) is 1.57. The Morgan fingerprint density at radius 3 is 2.63 bits per heavy atom. The van der Waals surface area contributed by atoms with Gasteiger partial charge in [-0.3, -0.25) is 9.69 Å². The van der Waals surface area contributed by atoms with E-state index in [1.807, 2.05) is 18.2 Å². The number of methoxy groups -OCH3 is 1. The minimum absolute atomic E-state index is 0.0727. The summed E-state index contributed by atoms with van der Waals surface area (Å²) in [5, 5.41) is 0. The number of nitrogens with zero attached hydrogens (tertiary/aromatic N) is 1. The van der Waals surface area contributed by atoms with E-state index in [4.69, 9.17) is 4.74 Å². The van der Waals surface area contributed by atoms with E-state index in [9.17, 15) is 13.6 Å². The number of piperidine rings is 1. The zero-order chi connectivity index (χ0) is 19.2.